The number of hydrogen-bond donors (Lipinski definition) is 0. The molecule has 0 fully saturated rings. The first kappa shape index (κ1) is 14.9. The van der Waals surface area contributed by atoms with Gasteiger partial charge in [-0.3, -0.25) is 19.3 Å². The molecule has 1 aromatic carbocycles. The van der Waals surface area contributed by atoms with Crippen LogP contribution in [0.25, 0.3) is 0 Å². The molecule has 1 heterocycles. The van der Waals surface area contributed by atoms with Crippen molar-refractivity contribution in [2.45, 2.75) is 27.2 Å². The highest BCUT2D eigenvalue weighted by atomic mass is 79.9. The molecule has 4 nitrogen and oxygen atoms in total. The summed E-state index contributed by atoms with van der Waals surface area (Å²) in [5.74, 6) is -1.29. The Morgan fingerprint density at radius 1 is 1.35 bits per heavy atom. The maximum atomic E-state index is 12.1. The molecule has 0 aliphatic carbocycles. The fraction of sp³-hybridized carbons (Fsp3) is 0.400. The Morgan fingerprint density at radius 3 is 2.60 bits per heavy atom. The van der Waals surface area contributed by atoms with Gasteiger partial charge in [-0.15, -0.1) is 0 Å². The zero-order chi connectivity index (χ0) is 15.0. The highest BCUT2D eigenvalue weighted by molar-refractivity contribution is 9.10. The van der Waals surface area contributed by atoms with Crippen LogP contribution >= 0.6 is 15.9 Å². The first-order chi connectivity index (χ1) is 9.36. The molecule has 0 saturated carbocycles. The van der Waals surface area contributed by atoms with Crippen molar-refractivity contribution >= 4 is 39.1 Å². The lowest BCUT2D eigenvalue weighted by Crippen LogP contribution is -2.36. The molecular formula is C15H16BrNO3. The predicted molar refractivity (Wildman–Crippen MR) is 80.0 cm³/mol. The van der Waals surface area contributed by atoms with Gasteiger partial charge in [-0.2, -0.15) is 0 Å². The van der Waals surface area contributed by atoms with Crippen molar-refractivity contribution in [1.82, 2.24) is 0 Å². The van der Waals surface area contributed by atoms with Gasteiger partial charge in [0.15, 0.2) is 5.78 Å². The number of fused-ring (bicyclic) bond motifs is 1. The summed E-state index contributed by atoms with van der Waals surface area (Å²) in [5.41, 5.74) is 1.75. The van der Waals surface area contributed by atoms with Crippen LogP contribution in [0.4, 0.5) is 5.69 Å². The van der Waals surface area contributed by atoms with Gasteiger partial charge in [0, 0.05) is 10.4 Å². The average molecular weight is 338 g/mol. The van der Waals surface area contributed by atoms with Crippen LogP contribution in [-0.2, 0) is 9.59 Å². The van der Waals surface area contributed by atoms with E-state index in [1.165, 1.54) is 4.90 Å². The van der Waals surface area contributed by atoms with Gasteiger partial charge >= 0.3 is 0 Å². The predicted octanol–water partition coefficient (Wildman–Crippen LogP) is 2.90. The first-order valence-electron chi connectivity index (χ1n) is 6.55. The van der Waals surface area contributed by atoms with E-state index in [0.717, 1.165) is 16.5 Å². The number of rotatable bonds is 4. The van der Waals surface area contributed by atoms with Gasteiger partial charge in [0.25, 0.3) is 11.7 Å². The zero-order valence-corrected chi connectivity index (χ0v) is 13.3. The van der Waals surface area contributed by atoms with Gasteiger partial charge in [0.2, 0.25) is 0 Å². The number of aryl methyl sites for hydroxylation is 1. The maximum Gasteiger partial charge on any atom is 0.299 e. The second-order valence-corrected chi connectivity index (χ2v) is 6.03. The van der Waals surface area contributed by atoms with Gasteiger partial charge < -0.3 is 0 Å². The molecule has 0 spiro atoms. The lowest BCUT2D eigenvalue weighted by atomic mass is 10.0. The molecule has 1 unspecified atom stereocenters. The molecule has 0 radical (unpaired) electrons. The van der Waals surface area contributed by atoms with E-state index in [-0.39, 0.29) is 18.2 Å². The minimum atomic E-state index is -0.613. The number of ketones is 2. The van der Waals surface area contributed by atoms with E-state index >= 15 is 0 Å². The fourth-order valence-corrected chi connectivity index (χ4v) is 2.87. The average Bonchev–Trinajstić information content (AvgIpc) is 2.63. The van der Waals surface area contributed by atoms with E-state index in [9.17, 15) is 14.4 Å². The van der Waals surface area contributed by atoms with Crippen LogP contribution in [0.2, 0.25) is 0 Å². The smallest absolute Gasteiger partial charge is 0.297 e. The molecule has 1 aliphatic heterocycles. The minimum Gasteiger partial charge on any atom is -0.297 e. The lowest BCUT2D eigenvalue weighted by molar-refractivity contribution is -0.123. The third-order valence-corrected chi connectivity index (χ3v) is 4.15. The van der Waals surface area contributed by atoms with Crippen LogP contribution in [0.3, 0.4) is 0 Å². The van der Waals surface area contributed by atoms with Crippen molar-refractivity contribution in [3.05, 3.63) is 27.7 Å². The van der Waals surface area contributed by atoms with Gasteiger partial charge in [-0.1, -0.05) is 29.8 Å². The lowest BCUT2D eigenvalue weighted by Gasteiger charge is -2.19. The monoisotopic (exact) mass is 337 g/mol. The Hall–Kier alpha value is -1.49. The molecule has 0 saturated heterocycles. The van der Waals surface area contributed by atoms with Crippen LogP contribution in [-0.4, -0.2) is 24.0 Å². The van der Waals surface area contributed by atoms with E-state index in [4.69, 9.17) is 0 Å². The minimum absolute atomic E-state index is 0.0242. The third-order valence-electron chi connectivity index (χ3n) is 3.70. The molecule has 20 heavy (non-hydrogen) atoms. The van der Waals surface area contributed by atoms with Crippen molar-refractivity contribution in [3.8, 4) is 0 Å². The molecule has 106 valence electrons. The summed E-state index contributed by atoms with van der Waals surface area (Å²) < 4.78 is 0.755. The van der Waals surface area contributed by atoms with Crippen molar-refractivity contribution < 1.29 is 14.4 Å². The van der Waals surface area contributed by atoms with Gasteiger partial charge in [0.1, 0.15) is 0 Å². The maximum absolute atomic E-state index is 12.1. The highest BCUT2D eigenvalue weighted by Crippen LogP contribution is 2.35. The molecule has 2 rings (SSSR count). The number of nitrogens with zero attached hydrogens (tertiary/aromatic N) is 1. The molecule has 1 amide bonds. The van der Waals surface area contributed by atoms with Crippen LogP contribution in [0.15, 0.2) is 16.6 Å². The number of anilines is 1. The zero-order valence-electron chi connectivity index (χ0n) is 11.7. The molecular weight excluding hydrogens is 322 g/mol. The summed E-state index contributed by atoms with van der Waals surface area (Å²) >= 11 is 3.32. The number of carbonyl (C=O) groups excluding carboxylic acids is 3. The van der Waals surface area contributed by atoms with E-state index in [1.54, 1.807) is 6.07 Å². The summed E-state index contributed by atoms with van der Waals surface area (Å²) in [4.78, 5) is 37.5. The van der Waals surface area contributed by atoms with Gasteiger partial charge in [0.05, 0.1) is 17.8 Å². The number of hydrogen-bond acceptors (Lipinski definition) is 3. The standard InChI is InChI=1S/C15H16BrNO3/c1-4-8(2)12(18)7-17-13-9(3)5-10(16)6-11(13)14(19)15(17)20/h5-6,8H,4,7H2,1-3H3. The summed E-state index contributed by atoms with van der Waals surface area (Å²) in [7, 11) is 0. The van der Waals surface area contributed by atoms with Gasteiger partial charge in [-0.05, 0) is 31.0 Å². The summed E-state index contributed by atoms with van der Waals surface area (Å²) in [5, 5.41) is 0. The Balaban J connectivity index is 2.41. The Labute approximate surface area is 126 Å². The van der Waals surface area contributed by atoms with Crippen LogP contribution in [0.5, 0.6) is 0 Å². The second-order valence-electron chi connectivity index (χ2n) is 5.11. The Morgan fingerprint density at radius 2 is 2.00 bits per heavy atom. The number of halogens is 1. The van der Waals surface area contributed by atoms with E-state index in [0.29, 0.717) is 11.3 Å². The SMILES string of the molecule is CCC(C)C(=O)CN1C(=O)C(=O)c2cc(Br)cc(C)c21. The first-order valence-corrected chi connectivity index (χ1v) is 7.35. The fourth-order valence-electron chi connectivity index (χ4n) is 2.30. The van der Waals surface area contributed by atoms with E-state index in [1.807, 2.05) is 26.8 Å². The van der Waals surface area contributed by atoms with Crippen molar-refractivity contribution in [1.29, 1.82) is 0 Å². The van der Waals surface area contributed by atoms with E-state index in [2.05, 4.69) is 15.9 Å². The van der Waals surface area contributed by atoms with Crippen LogP contribution < -0.4 is 4.90 Å². The molecule has 1 aromatic rings. The molecule has 0 bridgehead atoms. The summed E-state index contributed by atoms with van der Waals surface area (Å²) in [6, 6.07) is 3.47. The van der Waals surface area contributed by atoms with Gasteiger partial charge in [-0.25, -0.2) is 0 Å². The van der Waals surface area contributed by atoms with Crippen molar-refractivity contribution in [3.63, 3.8) is 0 Å². The Bertz CT molecular complexity index is 609. The van der Waals surface area contributed by atoms with Crippen molar-refractivity contribution in [2.75, 3.05) is 11.4 Å². The van der Waals surface area contributed by atoms with Crippen LogP contribution in [0.1, 0.15) is 36.2 Å². The molecule has 1 aliphatic rings. The Kier molecular flexibility index (Phi) is 4.09. The second kappa shape index (κ2) is 5.48. The number of Topliss-reactive ketones (excluding diaryl/α,β-unsaturated/α-hetero) is 2. The summed E-state index contributed by atoms with van der Waals surface area (Å²) in [6.07, 6.45) is 0.723. The quantitative estimate of drug-likeness (QED) is 0.794. The molecule has 0 aromatic heterocycles. The number of benzene rings is 1. The normalized spacial score (nSPS) is 15.5. The van der Waals surface area contributed by atoms with Crippen molar-refractivity contribution in [2.24, 2.45) is 5.92 Å². The number of carbonyl (C=O) groups is 3. The highest BCUT2D eigenvalue weighted by Gasteiger charge is 2.38. The molecule has 5 heteroatoms. The number of amides is 1. The summed E-state index contributed by atoms with van der Waals surface area (Å²) in [6.45, 7) is 5.56. The molecule has 0 N–H and O–H groups in total. The van der Waals surface area contributed by atoms with E-state index < -0.39 is 11.7 Å². The topological polar surface area (TPSA) is 54.5 Å². The third kappa shape index (κ3) is 2.42. The molecule has 1 atom stereocenters. The van der Waals surface area contributed by atoms with Crippen LogP contribution in [0, 0.1) is 12.8 Å². The largest absolute Gasteiger partial charge is 0.299 e.